The van der Waals surface area contributed by atoms with Crippen molar-refractivity contribution in [2.24, 2.45) is 0 Å². The van der Waals surface area contributed by atoms with Gasteiger partial charge in [0.2, 0.25) is 0 Å². The number of nitrogen functional groups attached to an aromatic ring is 1. The molecule has 1 aliphatic rings. The normalized spacial score (nSPS) is 14.6. The van der Waals surface area contributed by atoms with Crippen LogP contribution in [0.4, 0.5) is 10.6 Å². The second-order valence-electron chi connectivity index (χ2n) is 7.94. The minimum atomic E-state index is -0.527. The molecule has 0 atom stereocenters. The monoisotopic (exact) mass is 404 g/mol. The Hall–Kier alpha value is -2.81. The maximum atomic E-state index is 12.1. The van der Waals surface area contributed by atoms with Crippen LogP contribution in [0, 0.1) is 6.92 Å². The predicted molar refractivity (Wildman–Crippen MR) is 108 cm³/mol. The molecule has 0 aliphatic carbocycles. The smallest absolute Gasteiger partial charge is 0.410 e. The van der Waals surface area contributed by atoms with Gasteiger partial charge in [0.1, 0.15) is 30.0 Å². The Bertz CT molecular complexity index is 891. The molecule has 2 heterocycles. The number of anilines is 1. The van der Waals surface area contributed by atoms with Gasteiger partial charge in [-0.3, -0.25) is 0 Å². The fourth-order valence-corrected chi connectivity index (χ4v) is 2.89. The molecule has 0 unspecified atom stereocenters. The number of fused-ring (bicyclic) bond motifs is 1. The van der Waals surface area contributed by atoms with E-state index in [1.54, 1.807) is 31.1 Å². The number of nitrogens with two attached hydrogens (primary N) is 1. The first-order valence-electron chi connectivity index (χ1n) is 9.50. The zero-order valence-electron chi connectivity index (χ0n) is 17.5. The first-order valence-corrected chi connectivity index (χ1v) is 9.50. The number of nitrogens with zero attached hydrogens (tertiary/aromatic N) is 3. The molecular formula is C20H28N4O5. The van der Waals surface area contributed by atoms with Gasteiger partial charge in [0.15, 0.2) is 11.5 Å². The van der Waals surface area contributed by atoms with Crippen molar-refractivity contribution in [2.75, 3.05) is 39.1 Å². The van der Waals surface area contributed by atoms with E-state index < -0.39 is 5.60 Å². The van der Waals surface area contributed by atoms with Crippen LogP contribution >= 0.6 is 0 Å². The Morgan fingerprint density at radius 2 is 1.93 bits per heavy atom. The highest BCUT2D eigenvalue weighted by molar-refractivity contribution is 5.90. The molecule has 0 bridgehead atoms. The van der Waals surface area contributed by atoms with Crippen molar-refractivity contribution in [2.45, 2.75) is 39.4 Å². The average Bonchev–Trinajstić information content (AvgIpc) is 2.56. The largest absolute Gasteiger partial charge is 0.487 e. The Morgan fingerprint density at radius 3 is 2.59 bits per heavy atom. The van der Waals surface area contributed by atoms with Crippen LogP contribution in [0.25, 0.3) is 10.9 Å². The molecule has 29 heavy (non-hydrogen) atoms. The van der Waals surface area contributed by atoms with Crippen LogP contribution in [0.1, 0.15) is 26.6 Å². The molecule has 158 valence electrons. The standard InChI is InChI=1S/C20H28N4O5/c1-12-22-15-9-17(16(27-7-6-26-5)8-14(15)18(21)23-12)28-13-10-24(11-13)19(25)29-20(2,3)4/h8-9,13H,6-7,10-11H2,1-5H3,(H2,21,22,23). The number of rotatable bonds is 6. The van der Waals surface area contributed by atoms with Crippen molar-refractivity contribution in [1.82, 2.24) is 14.9 Å². The molecule has 0 spiro atoms. The zero-order chi connectivity index (χ0) is 21.2. The van der Waals surface area contributed by atoms with E-state index in [2.05, 4.69) is 9.97 Å². The fourth-order valence-electron chi connectivity index (χ4n) is 2.89. The summed E-state index contributed by atoms with van der Waals surface area (Å²) in [6, 6.07) is 3.57. The van der Waals surface area contributed by atoms with Gasteiger partial charge >= 0.3 is 6.09 Å². The summed E-state index contributed by atoms with van der Waals surface area (Å²) in [6.45, 7) is 8.98. The third-order valence-corrected chi connectivity index (χ3v) is 4.24. The highest BCUT2D eigenvalue weighted by Gasteiger charge is 2.35. The summed E-state index contributed by atoms with van der Waals surface area (Å²) in [5.41, 5.74) is 6.19. The number of aryl methyl sites for hydroxylation is 1. The first-order chi connectivity index (χ1) is 13.7. The molecule has 9 nitrogen and oxygen atoms in total. The second-order valence-corrected chi connectivity index (χ2v) is 7.94. The first kappa shape index (κ1) is 20.9. The molecule has 3 rings (SSSR count). The highest BCUT2D eigenvalue weighted by Crippen LogP contribution is 2.35. The zero-order valence-corrected chi connectivity index (χ0v) is 17.5. The lowest BCUT2D eigenvalue weighted by atomic mass is 10.1. The predicted octanol–water partition coefficient (Wildman–Crippen LogP) is 2.54. The van der Waals surface area contributed by atoms with Crippen LogP contribution in [0.5, 0.6) is 11.5 Å². The molecule has 0 saturated carbocycles. The van der Waals surface area contributed by atoms with Gasteiger partial charge in [0.25, 0.3) is 0 Å². The number of methoxy groups -OCH3 is 1. The third kappa shape index (κ3) is 5.17. The van der Waals surface area contributed by atoms with Gasteiger partial charge in [0.05, 0.1) is 25.2 Å². The van der Waals surface area contributed by atoms with Crippen LogP contribution in [0.15, 0.2) is 12.1 Å². The molecular weight excluding hydrogens is 376 g/mol. The highest BCUT2D eigenvalue weighted by atomic mass is 16.6. The Balaban J connectivity index is 1.75. The van der Waals surface area contributed by atoms with Gasteiger partial charge < -0.3 is 29.6 Å². The van der Waals surface area contributed by atoms with Gasteiger partial charge in [0, 0.05) is 18.6 Å². The number of amides is 1. The SMILES string of the molecule is COCCOc1cc2c(N)nc(C)nc2cc1OC1CN(C(=O)OC(C)(C)C)C1. The van der Waals surface area contributed by atoms with Gasteiger partial charge in [-0.05, 0) is 33.8 Å². The van der Waals surface area contributed by atoms with Crippen LogP contribution in [0.3, 0.4) is 0 Å². The maximum Gasteiger partial charge on any atom is 0.410 e. The summed E-state index contributed by atoms with van der Waals surface area (Å²) in [5.74, 6) is 2.04. The molecule has 2 aromatic rings. The number of benzene rings is 1. The van der Waals surface area contributed by atoms with E-state index in [9.17, 15) is 4.79 Å². The number of hydrogen-bond donors (Lipinski definition) is 1. The molecule has 0 radical (unpaired) electrons. The lowest BCUT2D eigenvalue weighted by Crippen LogP contribution is -2.57. The Labute approximate surface area is 170 Å². The van der Waals surface area contributed by atoms with E-state index in [1.807, 2.05) is 20.8 Å². The van der Waals surface area contributed by atoms with Crippen molar-refractivity contribution < 1.29 is 23.7 Å². The molecule has 1 saturated heterocycles. The van der Waals surface area contributed by atoms with Crippen molar-refractivity contribution in [3.63, 3.8) is 0 Å². The summed E-state index contributed by atoms with van der Waals surface area (Å²) >= 11 is 0. The van der Waals surface area contributed by atoms with Crippen LogP contribution in [-0.2, 0) is 9.47 Å². The number of hydrogen-bond acceptors (Lipinski definition) is 8. The summed E-state index contributed by atoms with van der Waals surface area (Å²) in [5, 5.41) is 0.694. The Kier molecular flexibility index (Phi) is 5.97. The molecule has 1 fully saturated rings. The topological polar surface area (TPSA) is 109 Å². The van der Waals surface area contributed by atoms with E-state index in [-0.39, 0.29) is 12.2 Å². The minimum absolute atomic E-state index is 0.162. The lowest BCUT2D eigenvalue weighted by Gasteiger charge is -2.39. The van der Waals surface area contributed by atoms with Crippen molar-refractivity contribution in [1.29, 1.82) is 0 Å². The van der Waals surface area contributed by atoms with Gasteiger partial charge in [-0.25, -0.2) is 14.8 Å². The van der Waals surface area contributed by atoms with Gasteiger partial charge in [-0.15, -0.1) is 0 Å². The molecule has 1 aromatic heterocycles. The lowest BCUT2D eigenvalue weighted by molar-refractivity contribution is -0.0227. The summed E-state index contributed by atoms with van der Waals surface area (Å²) < 4.78 is 22.3. The second kappa shape index (κ2) is 8.28. The number of aromatic nitrogens is 2. The van der Waals surface area contributed by atoms with E-state index >= 15 is 0 Å². The van der Waals surface area contributed by atoms with Gasteiger partial charge in [-0.1, -0.05) is 0 Å². The molecule has 9 heteroatoms. The molecule has 2 N–H and O–H groups in total. The minimum Gasteiger partial charge on any atom is -0.487 e. The van der Waals surface area contributed by atoms with Gasteiger partial charge in [-0.2, -0.15) is 0 Å². The summed E-state index contributed by atoms with van der Waals surface area (Å²) in [7, 11) is 1.61. The number of carbonyl (C=O) groups excluding carboxylic acids is 1. The van der Waals surface area contributed by atoms with Crippen molar-refractivity contribution in [3.05, 3.63) is 18.0 Å². The fraction of sp³-hybridized carbons (Fsp3) is 0.550. The molecule has 1 aromatic carbocycles. The number of ether oxygens (including phenoxy) is 4. The summed E-state index contributed by atoms with van der Waals surface area (Å²) in [6.07, 6.45) is -0.506. The Morgan fingerprint density at radius 1 is 1.21 bits per heavy atom. The van der Waals surface area contributed by atoms with Crippen molar-refractivity contribution >= 4 is 22.8 Å². The van der Waals surface area contributed by atoms with E-state index in [0.29, 0.717) is 60.3 Å². The molecule has 1 aliphatic heterocycles. The van der Waals surface area contributed by atoms with Crippen LogP contribution in [-0.4, -0.2) is 66.1 Å². The van der Waals surface area contributed by atoms with E-state index in [1.165, 1.54) is 0 Å². The summed E-state index contributed by atoms with van der Waals surface area (Å²) in [4.78, 5) is 22.3. The maximum absolute atomic E-state index is 12.1. The quantitative estimate of drug-likeness (QED) is 0.732. The average molecular weight is 404 g/mol. The third-order valence-electron chi connectivity index (χ3n) is 4.24. The van der Waals surface area contributed by atoms with Crippen molar-refractivity contribution in [3.8, 4) is 11.5 Å². The molecule has 1 amide bonds. The number of likely N-dealkylation sites (tertiary alicyclic amines) is 1. The van der Waals surface area contributed by atoms with Crippen LogP contribution < -0.4 is 15.2 Å². The number of carbonyl (C=O) groups is 1. The van der Waals surface area contributed by atoms with E-state index in [4.69, 9.17) is 24.7 Å². The van der Waals surface area contributed by atoms with Crippen LogP contribution in [0.2, 0.25) is 0 Å². The van der Waals surface area contributed by atoms with E-state index in [0.717, 1.165) is 0 Å².